The van der Waals surface area contributed by atoms with Crippen molar-refractivity contribution in [1.29, 1.82) is 0 Å². The van der Waals surface area contributed by atoms with Gasteiger partial charge in [-0.05, 0) is 43.5 Å². The van der Waals surface area contributed by atoms with E-state index in [-0.39, 0.29) is 36.7 Å². The van der Waals surface area contributed by atoms with Crippen molar-refractivity contribution in [3.05, 3.63) is 34.3 Å². The molecule has 0 heterocycles. The number of carbonyl (C=O) groups excluding carboxylic acids is 2. The van der Waals surface area contributed by atoms with Gasteiger partial charge < -0.3 is 15.7 Å². The fourth-order valence-corrected chi connectivity index (χ4v) is 2.89. The third kappa shape index (κ3) is 5.35. The van der Waals surface area contributed by atoms with Crippen molar-refractivity contribution in [2.75, 3.05) is 6.54 Å². The second-order valence-corrected chi connectivity index (χ2v) is 6.54. The van der Waals surface area contributed by atoms with E-state index in [0.717, 1.165) is 4.47 Å². The second kappa shape index (κ2) is 8.10. The summed E-state index contributed by atoms with van der Waals surface area (Å²) in [5.41, 5.74) is 0.536. The van der Waals surface area contributed by atoms with Crippen LogP contribution in [0.5, 0.6) is 0 Å². The molecule has 3 N–H and O–H groups in total. The van der Waals surface area contributed by atoms with Gasteiger partial charge in [-0.25, -0.2) is 0 Å². The van der Waals surface area contributed by atoms with E-state index in [9.17, 15) is 14.4 Å². The maximum absolute atomic E-state index is 11.9. The van der Waals surface area contributed by atoms with Gasteiger partial charge in [0, 0.05) is 29.0 Å². The number of aliphatic carboxylic acids is 1. The van der Waals surface area contributed by atoms with Crippen molar-refractivity contribution >= 4 is 33.7 Å². The van der Waals surface area contributed by atoms with E-state index in [0.29, 0.717) is 24.8 Å². The van der Waals surface area contributed by atoms with Crippen LogP contribution in [-0.4, -0.2) is 35.5 Å². The fraction of sp³-hybridized carbons (Fsp3) is 0.438. The van der Waals surface area contributed by atoms with Crippen LogP contribution in [0.25, 0.3) is 0 Å². The van der Waals surface area contributed by atoms with Crippen molar-refractivity contribution < 1.29 is 19.5 Å². The van der Waals surface area contributed by atoms with E-state index >= 15 is 0 Å². The SMILES string of the molecule is O=C(CCNC(=O)c1ccc(Br)cc1)N[C@@H]1CC[C@H](C(=O)O)C1. The van der Waals surface area contributed by atoms with Gasteiger partial charge in [0.05, 0.1) is 5.92 Å². The highest BCUT2D eigenvalue weighted by Gasteiger charge is 2.30. The van der Waals surface area contributed by atoms with E-state index in [1.165, 1.54) is 0 Å². The first-order chi connectivity index (χ1) is 11.0. The predicted octanol–water partition coefficient (Wildman–Crippen LogP) is 1.94. The molecule has 2 atom stereocenters. The number of carboxylic acids is 1. The average Bonchev–Trinajstić information content (AvgIpc) is 2.96. The Morgan fingerprint density at radius 2 is 1.87 bits per heavy atom. The van der Waals surface area contributed by atoms with Crippen LogP contribution < -0.4 is 10.6 Å². The largest absolute Gasteiger partial charge is 0.481 e. The number of benzene rings is 1. The number of amides is 2. The van der Waals surface area contributed by atoms with Gasteiger partial charge in [-0.1, -0.05) is 15.9 Å². The molecule has 1 aromatic carbocycles. The monoisotopic (exact) mass is 382 g/mol. The van der Waals surface area contributed by atoms with Gasteiger partial charge in [0.1, 0.15) is 0 Å². The first-order valence-corrected chi connectivity index (χ1v) is 8.31. The van der Waals surface area contributed by atoms with E-state index in [1.807, 2.05) is 0 Å². The summed E-state index contributed by atoms with van der Waals surface area (Å²) in [6, 6.07) is 6.88. The zero-order chi connectivity index (χ0) is 16.8. The second-order valence-electron chi connectivity index (χ2n) is 5.63. The lowest BCUT2D eigenvalue weighted by atomic mass is 10.1. The molecule has 1 fully saturated rings. The molecule has 23 heavy (non-hydrogen) atoms. The molecule has 7 heteroatoms. The van der Waals surface area contributed by atoms with Crippen LogP contribution in [0.3, 0.4) is 0 Å². The molecule has 0 radical (unpaired) electrons. The molecule has 0 unspecified atom stereocenters. The van der Waals surface area contributed by atoms with Crippen molar-refractivity contribution in [3.8, 4) is 0 Å². The lowest BCUT2D eigenvalue weighted by molar-refractivity contribution is -0.141. The van der Waals surface area contributed by atoms with Crippen LogP contribution in [0.2, 0.25) is 0 Å². The minimum absolute atomic E-state index is 0.0780. The number of carbonyl (C=O) groups is 3. The molecule has 6 nitrogen and oxygen atoms in total. The van der Waals surface area contributed by atoms with Gasteiger partial charge in [-0.15, -0.1) is 0 Å². The van der Waals surface area contributed by atoms with Crippen LogP contribution in [-0.2, 0) is 9.59 Å². The molecule has 0 spiro atoms. The molecule has 0 aromatic heterocycles. The Hall–Kier alpha value is -1.89. The number of halogens is 1. The van der Waals surface area contributed by atoms with Crippen molar-refractivity contribution in [3.63, 3.8) is 0 Å². The summed E-state index contributed by atoms with van der Waals surface area (Å²) in [7, 11) is 0. The van der Waals surface area contributed by atoms with E-state index in [2.05, 4.69) is 26.6 Å². The molecular weight excluding hydrogens is 364 g/mol. The number of carboxylic acid groups (broad SMARTS) is 1. The van der Waals surface area contributed by atoms with Crippen molar-refractivity contribution in [2.24, 2.45) is 5.92 Å². The normalized spacial score (nSPS) is 20.0. The van der Waals surface area contributed by atoms with Gasteiger partial charge in [0.2, 0.25) is 5.91 Å². The molecule has 2 rings (SSSR count). The van der Waals surface area contributed by atoms with Crippen LogP contribution in [0, 0.1) is 5.92 Å². The summed E-state index contributed by atoms with van der Waals surface area (Å²) in [6.45, 7) is 0.246. The van der Waals surface area contributed by atoms with Gasteiger partial charge in [-0.2, -0.15) is 0 Å². The third-order valence-electron chi connectivity index (χ3n) is 3.89. The van der Waals surface area contributed by atoms with Gasteiger partial charge in [0.15, 0.2) is 0 Å². The van der Waals surface area contributed by atoms with E-state index in [4.69, 9.17) is 5.11 Å². The van der Waals surface area contributed by atoms with E-state index < -0.39 is 5.97 Å². The lowest BCUT2D eigenvalue weighted by Gasteiger charge is -2.12. The lowest BCUT2D eigenvalue weighted by Crippen LogP contribution is -2.36. The summed E-state index contributed by atoms with van der Waals surface area (Å²) in [5, 5.41) is 14.4. The minimum atomic E-state index is -0.802. The quantitative estimate of drug-likeness (QED) is 0.700. The summed E-state index contributed by atoms with van der Waals surface area (Å²) in [4.78, 5) is 34.6. The summed E-state index contributed by atoms with van der Waals surface area (Å²) in [5.74, 6) is -1.56. The first-order valence-electron chi connectivity index (χ1n) is 7.51. The predicted molar refractivity (Wildman–Crippen MR) is 88.0 cm³/mol. The van der Waals surface area contributed by atoms with Gasteiger partial charge in [-0.3, -0.25) is 14.4 Å². The molecule has 1 aliphatic rings. The summed E-state index contributed by atoms with van der Waals surface area (Å²) >= 11 is 3.30. The summed E-state index contributed by atoms with van der Waals surface area (Å²) < 4.78 is 0.893. The van der Waals surface area contributed by atoms with Gasteiger partial charge in [0.25, 0.3) is 5.91 Å². The third-order valence-corrected chi connectivity index (χ3v) is 4.42. The zero-order valence-corrected chi connectivity index (χ0v) is 14.1. The highest BCUT2D eigenvalue weighted by Crippen LogP contribution is 2.25. The molecule has 0 bridgehead atoms. The highest BCUT2D eigenvalue weighted by atomic mass is 79.9. The van der Waals surface area contributed by atoms with E-state index in [1.54, 1.807) is 24.3 Å². The van der Waals surface area contributed by atoms with Crippen LogP contribution in [0.4, 0.5) is 0 Å². The van der Waals surface area contributed by atoms with Gasteiger partial charge >= 0.3 is 5.97 Å². The maximum Gasteiger partial charge on any atom is 0.306 e. The van der Waals surface area contributed by atoms with Crippen LogP contribution >= 0.6 is 15.9 Å². The van der Waals surface area contributed by atoms with Crippen LogP contribution in [0.15, 0.2) is 28.7 Å². The zero-order valence-electron chi connectivity index (χ0n) is 12.5. The molecule has 1 saturated carbocycles. The number of hydrogen-bond acceptors (Lipinski definition) is 3. The number of hydrogen-bond donors (Lipinski definition) is 3. The fourth-order valence-electron chi connectivity index (χ4n) is 2.63. The van der Waals surface area contributed by atoms with Crippen molar-refractivity contribution in [1.82, 2.24) is 10.6 Å². The van der Waals surface area contributed by atoms with Crippen molar-refractivity contribution in [2.45, 2.75) is 31.7 Å². The molecule has 1 aliphatic carbocycles. The minimum Gasteiger partial charge on any atom is -0.481 e. The molecule has 0 saturated heterocycles. The Labute approximate surface area is 142 Å². The highest BCUT2D eigenvalue weighted by molar-refractivity contribution is 9.10. The maximum atomic E-state index is 11.9. The average molecular weight is 383 g/mol. The Morgan fingerprint density at radius 3 is 2.48 bits per heavy atom. The van der Waals surface area contributed by atoms with Crippen LogP contribution in [0.1, 0.15) is 36.0 Å². The molecule has 124 valence electrons. The Balaban J connectivity index is 1.68. The number of rotatable bonds is 6. The number of nitrogens with one attached hydrogen (secondary N) is 2. The smallest absolute Gasteiger partial charge is 0.306 e. The molecule has 1 aromatic rings. The first kappa shape index (κ1) is 17.5. The standard InChI is InChI=1S/C16H19BrN2O4/c17-12-4-1-10(2-5-12)15(21)18-8-7-14(20)19-13-6-3-11(9-13)16(22)23/h1-2,4-5,11,13H,3,6-9H2,(H,18,21)(H,19,20)(H,22,23)/t11-,13+/m0/s1. The Bertz CT molecular complexity index is 588. The molecule has 0 aliphatic heterocycles. The summed E-state index contributed by atoms with van der Waals surface area (Å²) in [6.07, 6.45) is 1.94. The molecular formula is C16H19BrN2O4. The molecule has 2 amide bonds. The Kier molecular flexibility index (Phi) is 6.15. The Morgan fingerprint density at radius 1 is 1.17 bits per heavy atom. The topological polar surface area (TPSA) is 95.5 Å².